The molecule has 2 nitrogen and oxygen atoms in total. The molecule has 92 valence electrons. The third-order valence-corrected chi connectivity index (χ3v) is 3.48. The van der Waals surface area contributed by atoms with Crippen LogP contribution in [0, 0.1) is 5.82 Å². The van der Waals surface area contributed by atoms with Crippen molar-refractivity contribution in [3.63, 3.8) is 0 Å². The Balaban J connectivity index is 2.45. The van der Waals surface area contributed by atoms with Gasteiger partial charge in [0.15, 0.2) is 0 Å². The van der Waals surface area contributed by atoms with Crippen molar-refractivity contribution in [3.05, 3.63) is 57.0 Å². The number of carboxylic acids is 1. The van der Waals surface area contributed by atoms with E-state index in [4.69, 9.17) is 16.7 Å². The minimum atomic E-state index is -1.05. The van der Waals surface area contributed by atoms with Crippen LogP contribution in [0.5, 0.6) is 0 Å². The highest BCUT2D eigenvalue weighted by molar-refractivity contribution is 7.11. The standard InChI is InChI=1S/C13H8ClFO2S/c14-10-4-3-8(7-11(10)15)6-9(13(16)17)12-2-1-5-18-12/h1-7H,(H,16,17). The Morgan fingerprint density at radius 2 is 2.17 bits per heavy atom. The van der Waals surface area contributed by atoms with Crippen molar-refractivity contribution in [2.45, 2.75) is 0 Å². The van der Waals surface area contributed by atoms with E-state index < -0.39 is 11.8 Å². The van der Waals surface area contributed by atoms with Crippen LogP contribution in [0.4, 0.5) is 4.39 Å². The Labute approximate surface area is 112 Å². The lowest BCUT2D eigenvalue weighted by Crippen LogP contribution is -1.97. The fourth-order valence-electron chi connectivity index (χ4n) is 1.44. The van der Waals surface area contributed by atoms with E-state index in [1.54, 1.807) is 23.6 Å². The van der Waals surface area contributed by atoms with Gasteiger partial charge in [-0.15, -0.1) is 11.3 Å². The van der Waals surface area contributed by atoms with Gasteiger partial charge < -0.3 is 5.11 Å². The molecule has 0 saturated carbocycles. The molecule has 5 heteroatoms. The van der Waals surface area contributed by atoms with Crippen LogP contribution < -0.4 is 0 Å². The number of halogens is 2. The van der Waals surface area contributed by atoms with Crippen molar-refractivity contribution < 1.29 is 14.3 Å². The molecule has 2 rings (SSSR count). The summed E-state index contributed by atoms with van der Waals surface area (Å²) >= 11 is 6.89. The zero-order valence-electron chi connectivity index (χ0n) is 9.06. The molecule has 0 radical (unpaired) electrons. The van der Waals surface area contributed by atoms with Crippen molar-refractivity contribution in [1.82, 2.24) is 0 Å². The van der Waals surface area contributed by atoms with E-state index in [0.717, 1.165) is 0 Å². The van der Waals surface area contributed by atoms with Crippen molar-refractivity contribution in [2.24, 2.45) is 0 Å². The summed E-state index contributed by atoms with van der Waals surface area (Å²) < 4.78 is 13.3. The smallest absolute Gasteiger partial charge is 0.337 e. The fourth-order valence-corrected chi connectivity index (χ4v) is 2.29. The van der Waals surface area contributed by atoms with Crippen molar-refractivity contribution in [1.29, 1.82) is 0 Å². The number of hydrogen-bond acceptors (Lipinski definition) is 2. The molecule has 1 aromatic carbocycles. The Morgan fingerprint density at radius 3 is 2.72 bits per heavy atom. The van der Waals surface area contributed by atoms with E-state index in [1.165, 1.54) is 29.5 Å². The summed E-state index contributed by atoms with van der Waals surface area (Å²) in [5.41, 5.74) is 0.592. The predicted molar refractivity (Wildman–Crippen MR) is 71.2 cm³/mol. The molecule has 0 aliphatic heterocycles. The monoisotopic (exact) mass is 282 g/mol. The van der Waals surface area contributed by atoms with Gasteiger partial charge in [-0.1, -0.05) is 23.7 Å². The maximum atomic E-state index is 13.3. The van der Waals surface area contributed by atoms with E-state index in [-0.39, 0.29) is 10.6 Å². The average Bonchev–Trinajstić information content (AvgIpc) is 2.83. The Morgan fingerprint density at radius 1 is 1.39 bits per heavy atom. The second-order valence-corrected chi connectivity index (χ2v) is 4.87. The Kier molecular flexibility index (Phi) is 3.79. The van der Waals surface area contributed by atoms with Crippen molar-refractivity contribution >= 4 is 40.6 Å². The van der Waals surface area contributed by atoms with Gasteiger partial charge in [0.2, 0.25) is 0 Å². The molecule has 1 aromatic heterocycles. The van der Waals surface area contributed by atoms with Gasteiger partial charge in [-0.05, 0) is 35.2 Å². The van der Waals surface area contributed by atoms with Gasteiger partial charge in [-0.25, -0.2) is 9.18 Å². The number of aliphatic carboxylic acids is 1. The molecule has 0 saturated heterocycles. The van der Waals surface area contributed by atoms with Crippen molar-refractivity contribution in [3.8, 4) is 0 Å². The second-order valence-electron chi connectivity index (χ2n) is 3.51. The van der Waals surface area contributed by atoms with Gasteiger partial charge in [0.25, 0.3) is 0 Å². The minimum absolute atomic E-state index is 0.0140. The molecule has 0 atom stereocenters. The molecule has 0 bridgehead atoms. The van der Waals surface area contributed by atoms with Gasteiger partial charge in [-0.2, -0.15) is 0 Å². The zero-order chi connectivity index (χ0) is 13.1. The molecule has 18 heavy (non-hydrogen) atoms. The number of thiophene rings is 1. The molecule has 0 amide bonds. The summed E-state index contributed by atoms with van der Waals surface area (Å²) in [5.74, 6) is -1.62. The molecule has 2 aromatic rings. The van der Waals surface area contributed by atoms with Gasteiger partial charge in [0, 0.05) is 4.88 Å². The van der Waals surface area contributed by atoms with E-state index in [9.17, 15) is 9.18 Å². The molecule has 0 fully saturated rings. The first-order chi connectivity index (χ1) is 8.58. The fraction of sp³-hybridized carbons (Fsp3) is 0. The molecule has 0 aliphatic carbocycles. The van der Waals surface area contributed by atoms with Crippen LogP contribution in [0.2, 0.25) is 5.02 Å². The van der Waals surface area contributed by atoms with Crippen molar-refractivity contribution in [2.75, 3.05) is 0 Å². The van der Waals surface area contributed by atoms with E-state index in [1.807, 2.05) is 0 Å². The van der Waals surface area contributed by atoms with Crippen LogP contribution in [-0.2, 0) is 4.79 Å². The zero-order valence-corrected chi connectivity index (χ0v) is 10.6. The lowest BCUT2D eigenvalue weighted by Gasteiger charge is -2.01. The minimum Gasteiger partial charge on any atom is -0.478 e. The third kappa shape index (κ3) is 2.78. The molecular weight excluding hydrogens is 275 g/mol. The second kappa shape index (κ2) is 5.33. The predicted octanol–water partition coefficient (Wildman–Crippen LogP) is 4.17. The maximum absolute atomic E-state index is 13.3. The topological polar surface area (TPSA) is 37.3 Å². The number of benzene rings is 1. The molecule has 0 aliphatic rings. The van der Waals surface area contributed by atoms with Crippen LogP contribution in [0.25, 0.3) is 11.6 Å². The quantitative estimate of drug-likeness (QED) is 0.858. The first kappa shape index (κ1) is 12.8. The Hall–Kier alpha value is -1.65. The summed E-state index contributed by atoms with van der Waals surface area (Å²) in [6.45, 7) is 0. The molecule has 0 spiro atoms. The Bertz CT molecular complexity index is 605. The lowest BCUT2D eigenvalue weighted by atomic mass is 10.1. The largest absolute Gasteiger partial charge is 0.478 e. The number of rotatable bonds is 3. The SMILES string of the molecule is O=C(O)C(=Cc1ccc(Cl)c(F)c1)c1cccs1. The van der Waals surface area contributed by atoms with Gasteiger partial charge >= 0.3 is 5.97 Å². The summed E-state index contributed by atoms with van der Waals surface area (Å²) in [6.07, 6.45) is 1.42. The van der Waals surface area contributed by atoms with E-state index >= 15 is 0 Å². The van der Waals surface area contributed by atoms with Crippen LogP contribution >= 0.6 is 22.9 Å². The highest BCUT2D eigenvalue weighted by Gasteiger charge is 2.11. The third-order valence-electron chi connectivity index (χ3n) is 2.27. The van der Waals surface area contributed by atoms with Crippen LogP contribution in [0.3, 0.4) is 0 Å². The number of carboxylic acid groups (broad SMARTS) is 1. The summed E-state index contributed by atoms with van der Waals surface area (Å²) in [6, 6.07) is 7.65. The summed E-state index contributed by atoms with van der Waals surface area (Å²) in [7, 11) is 0. The van der Waals surface area contributed by atoms with E-state index in [0.29, 0.717) is 10.4 Å². The van der Waals surface area contributed by atoms with Gasteiger partial charge in [0.05, 0.1) is 10.6 Å². The first-order valence-electron chi connectivity index (χ1n) is 5.02. The number of carbonyl (C=O) groups is 1. The molecule has 1 heterocycles. The van der Waals surface area contributed by atoms with Gasteiger partial charge in [-0.3, -0.25) is 0 Å². The van der Waals surface area contributed by atoms with Crippen LogP contribution in [0.1, 0.15) is 10.4 Å². The maximum Gasteiger partial charge on any atom is 0.337 e. The molecule has 1 N–H and O–H groups in total. The molecular formula is C13H8ClFO2S. The highest BCUT2D eigenvalue weighted by atomic mass is 35.5. The first-order valence-corrected chi connectivity index (χ1v) is 6.27. The van der Waals surface area contributed by atoms with Crippen LogP contribution in [0.15, 0.2) is 35.7 Å². The molecule has 0 unspecified atom stereocenters. The summed E-state index contributed by atoms with van der Waals surface area (Å²) in [5, 5.41) is 10.9. The average molecular weight is 283 g/mol. The summed E-state index contributed by atoms with van der Waals surface area (Å²) in [4.78, 5) is 11.8. The number of hydrogen-bond donors (Lipinski definition) is 1. The lowest BCUT2D eigenvalue weighted by molar-refractivity contribution is -0.130. The van der Waals surface area contributed by atoms with Gasteiger partial charge in [0.1, 0.15) is 5.82 Å². The van der Waals surface area contributed by atoms with E-state index in [2.05, 4.69) is 0 Å². The normalized spacial score (nSPS) is 11.6. The van der Waals surface area contributed by atoms with Crippen LogP contribution in [-0.4, -0.2) is 11.1 Å². The highest BCUT2D eigenvalue weighted by Crippen LogP contribution is 2.24.